The van der Waals surface area contributed by atoms with Gasteiger partial charge < -0.3 is 10.1 Å². The molecule has 0 unspecified atom stereocenters. The van der Waals surface area contributed by atoms with Crippen molar-refractivity contribution in [1.29, 1.82) is 0 Å². The number of hydrazone groups is 1. The van der Waals surface area contributed by atoms with Gasteiger partial charge in [0.1, 0.15) is 0 Å². The number of methoxy groups -OCH3 is 1. The van der Waals surface area contributed by atoms with Crippen molar-refractivity contribution in [2.24, 2.45) is 5.10 Å². The summed E-state index contributed by atoms with van der Waals surface area (Å²) in [6.45, 7) is 3.13. The predicted octanol–water partition coefficient (Wildman–Crippen LogP) is 2.17. The van der Waals surface area contributed by atoms with Gasteiger partial charge in [0, 0.05) is 18.7 Å². The smallest absolute Gasteiger partial charge is 0.187 e. The zero-order valence-electron chi connectivity index (χ0n) is 10.4. The van der Waals surface area contributed by atoms with Gasteiger partial charge in [-0.3, -0.25) is 5.43 Å². The van der Waals surface area contributed by atoms with Gasteiger partial charge in [-0.1, -0.05) is 23.7 Å². The summed E-state index contributed by atoms with van der Waals surface area (Å²) in [6.07, 6.45) is 0. The van der Waals surface area contributed by atoms with Crippen LogP contribution in [-0.2, 0) is 4.74 Å². The van der Waals surface area contributed by atoms with Crippen molar-refractivity contribution in [1.82, 2.24) is 10.7 Å². The molecule has 0 aliphatic rings. The first-order valence-electron chi connectivity index (χ1n) is 5.46. The summed E-state index contributed by atoms with van der Waals surface area (Å²) in [5.74, 6) is 0. The third kappa shape index (κ3) is 5.44. The van der Waals surface area contributed by atoms with Crippen LogP contribution in [0.15, 0.2) is 29.4 Å². The Balaban J connectivity index is 2.49. The Morgan fingerprint density at radius 2 is 2.28 bits per heavy atom. The lowest BCUT2D eigenvalue weighted by molar-refractivity contribution is 0.204. The first-order chi connectivity index (χ1) is 8.63. The first-order valence-corrected chi connectivity index (χ1v) is 6.25. The Labute approximate surface area is 117 Å². The van der Waals surface area contributed by atoms with E-state index in [0.717, 1.165) is 11.3 Å². The molecule has 0 fully saturated rings. The largest absolute Gasteiger partial charge is 0.383 e. The van der Waals surface area contributed by atoms with Crippen molar-refractivity contribution in [3.8, 4) is 0 Å². The van der Waals surface area contributed by atoms with Gasteiger partial charge in [-0.25, -0.2) is 0 Å². The van der Waals surface area contributed by atoms with E-state index in [1.807, 2.05) is 31.2 Å². The molecule has 98 valence electrons. The minimum absolute atomic E-state index is 0.466. The number of hydrogen-bond donors (Lipinski definition) is 2. The Morgan fingerprint density at radius 3 is 2.94 bits per heavy atom. The van der Waals surface area contributed by atoms with Crippen LogP contribution in [0.3, 0.4) is 0 Å². The van der Waals surface area contributed by atoms with Gasteiger partial charge in [-0.05, 0) is 36.8 Å². The number of thiocarbonyl (C=S) groups is 1. The summed E-state index contributed by atoms with van der Waals surface area (Å²) in [7, 11) is 1.64. The zero-order valence-corrected chi connectivity index (χ0v) is 11.9. The van der Waals surface area contributed by atoms with Crippen LogP contribution in [0.1, 0.15) is 12.5 Å². The Bertz CT molecular complexity index is 437. The van der Waals surface area contributed by atoms with Gasteiger partial charge in [-0.15, -0.1) is 0 Å². The summed E-state index contributed by atoms with van der Waals surface area (Å²) < 4.78 is 4.90. The minimum atomic E-state index is 0.466. The third-order valence-corrected chi connectivity index (χ3v) is 2.63. The summed E-state index contributed by atoms with van der Waals surface area (Å²) >= 11 is 11.0. The standard InChI is InChI=1S/C12H16ClN3OS/c1-9(10-4-3-5-11(13)8-10)15-16-12(18)14-6-7-17-2/h3-5,8H,6-7H2,1-2H3,(H2,14,16,18)/b15-9+. The lowest BCUT2D eigenvalue weighted by Crippen LogP contribution is -2.34. The van der Waals surface area contributed by atoms with Crippen LogP contribution in [0.2, 0.25) is 5.02 Å². The summed E-state index contributed by atoms with van der Waals surface area (Å²) in [4.78, 5) is 0. The molecule has 0 saturated carbocycles. The van der Waals surface area contributed by atoms with E-state index >= 15 is 0 Å². The van der Waals surface area contributed by atoms with E-state index in [-0.39, 0.29) is 0 Å². The van der Waals surface area contributed by atoms with Gasteiger partial charge in [0.2, 0.25) is 0 Å². The molecule has 0 aliphatic heterocycles. The summed E-state index contributed by atoms with van der Waals surface area (Å²) in [5, 5.41) is 8.29. The zero-order chi connectivity index (χ0) is 13.4. The molecule has 1 aromatic carbocycles. The fraction of sp³-hybridized carbons (Fsp3) is 0.333. The highest BCUT2D eigenvalue weighted by Gasteiger charge is 1.99. The molecule has 1 aromatic rings. The molecule has 1 rings (SSSR count). The van der Waals surface area contributed by atoms with Crippen molar-refractivity contribution in [3.05, 3.63) is 34.9 Å². The Morgan fingerprint density at radius 1 is 1.50 bits per heavy atom. The van der Waals surface area contributed by atoms with Gasteiger partial charge in [0.25, 0.3) is 0 Å². The fourth-order valence-corrected chi connectivity index (χ4v) is 1.56. The molecular weight excluding hydrogens is 270 g/mol. The first kappa shape index (κ1) is 14.9. The number of halogens is 1. The van der Waals surface area contributed by atoms with Crippen molar-refractivity contribution in [2.45, 2.75) is 6.92 Å². The number of benzene rings is 1. The topological polar surface area (TPSA) is 45.6 Å². The number of hydrogen-bond acceptors (Lipinski definition) is 3. The maximum Gasteiger partial charge on any atom is 0.187 e. The van der Waals surface area contributed by atoms with E-state index in [4.69, 9.17) is 28.6 Å². The average Bonchev–Trinajstić information content (AvgIpc) is 2.36. The number of ether oxygens (including phenoxy) is 1. The molecule has 0 heterocycles. The second-order valence-corrected chi connectivity index (χ2v) is 4.41. The molecule has 0 aliphatic carbocycles. The molecular formula is C12H16ClN3OS. The average molecular weight is 286 g/mol. The molecule has 6 heteroatoms. The van der Waals surface area contributed by atoms with E-state index in [2.05, 4.69) is 15.8 Å². The lowest BCUT2D eigenvalue weighted by Gasteiger charge is -2.07. The second-order valence-electron chi connectivity index (χ2n) is 3.57. The molecule has 0 spiro atoms. The molecule has 0 bridgehead atoms. The highest BCUT2D eigenvalue weighted by molar-refractivity contribution is 7.80. The van der Waals surface area contributed by atoms with Crippen molar-refractivity contribution >= 4 is 34.6 Å². The van der Waals surface area contributed by atoms with Crippen LogP contribution in [0.4, 0.5) is 0 Å². The Hall–Kier alpha value is -1.17. The van der Waals surface area contributed by atoms with E-state index in [9.17, 15) is 0 Å². The molecule has 0 aromatic heterocycles. The number of nitrogens with zero attached hydrogens (tertiary/aromatic N) is 1. The van der Waals surface area contributed by atoms with Crippen molar-refractivity contribution in [3.63, 3.8) is 0 Å². The molecule has 0 atom stereocenters. The number of nitrogens with one attached hydrogen (secondary N) is 2. The van der Waals surface area contributed by atoms with E-state index in [1.165, 1.54) is 0 Å². The lowest BCUT2D eigenvalue weighted by atomic mass is 10.1. The molecule has 0 radical (unpaired) electrons. The maximum absolute atomic E-state index is 5.91. The van der Waals surface area contributed by atoms with Crippen LogP contribution >= 0.6 is 23.8 Å². The third-order valence-electron chi connectivity index (χ3n) is 2.16. The van der Waals surface area contributed by atoms with Gasteiger partial charge in [0.15, 0.2) is 5.11 Å². The summed E-state index contributed by atoms with van der Waals surface area (Å²) in [5.41, 5.74) is 4.54. The van der Waals surface area contributed by atoms with Crippen LogP contribution in [0, 0.1) is 0 Å². The van der Waals surface area contributed by atoms with Crippen LogP contribution < -0.4 is 10.7 Å². The predicted molar refractivity (Wildman–Crippen MR) is 79.3 cm³/mol. The van der Waals surface area contributed by atoms with E-state index < -0.39 is 0 Å². The van der Waals surface area contributed by atoms with Crippen LogP contribution in [-0.4, -0.2) is 31.1 Å². The van der Waals surface area contributed by atoms with E-state index in [1.54, 1.807) is 7.11 Å². The van der Waals surface area contributed by atoms with Gasteiger partial charge in [0.05, 0.1) is 12.3 Å². The monoisotopic (exact) mass is 285 g/mol. The van der Waals surface area contributed by atoms with Crippen LogP contribution in [0.5, 0.6) is 0 Å². The summed E-state index contributed by atoms with van der Waals surface area (Å²) in [6, 6.07) is 7.49. The normalized spacial score (nSPS) is 11.2. The molecule has 0 amide bonds. The molecule has 0 saturated heterocycles. The second kappa shape index (κ2) is 8.02. The quantitative estimate of drug-likeness (QED) is 0.377. The highest BCUT2D eigenvalue weighted by atomic mass is 35.5. The van der Waals surface area contributed by atoms with Crippen molar-refractivity contribution in [2.75, 3.05) is 20.3 Å². The van der Waals surface area contributed by atoms with Gasteiger partial charge >= 0.3 is 0 Å². The van der Waals surface area contributed by atoms with E-state index in [0.29, 0.717) is 23.3 Å². The maximum atomic E-state index is 5.91. The molecule has 18 heavy (non-hydrogen) atoms. The number of rotatable bonds is 5. The SMILES string of the molecule is COCCNC(=S)N/N=C(\C)c1cccc(Cl)c1. The molecule has 4 nitrogen and oxygen atoms in total. The minimum Gasteiger partial charge on any atom is -0.383 e. The fourth-order valence-electron chi connectivity index (χ4n) is 1.22. The van der Waals surface area contributed by atoms with Crippen molar-refractivity contribution < 1.29 is 4.74 Å². The Kier molecular flexibility index (Phi) is 6.64. The highest BCUT2D eigenvalue weighted by Crippen LogP contribution is 2.11. The van der Waals surface area contributed by atoms with Gasteiger partial charge in [-0.2, -0.15) is 5.10 Å². The molecule has 2 N–H and O–H groups in total. The van der Waals surface area contributed by atoms with Crippen LogP contribution in [0.25, 0.3) is 0 Å².